The molecule has 0 aromatic heterocycles. The average molecular weight is 559 g/mol. The molecule has 2 spiro atoms. The van der Waals surface area contributed by atoms with Crippen molar-refractivity contribution in [3.05, 3.63) is 0 Å². The molecule has 8 rings (SSSR count). The number of rotatable bonds is 2. The molecule has 4 saturated heterocycles. The molecule has 2 bridgehead atoms. The molecular weight excluding hydrogens is 512 g/mol. The second-order valence-corrected chi connectivity index (χ2v) is 15.8. The lowest BCUT2D eigenvalue weighted by atomic mass is 9.44. The summed E-state index contributed by atoms with van der Waals surface area (Å²) in [7, 11) is 0. The first-order chi connectivity index (χ1) is 18.7. The summed E-state index contributed by atoms with van der Waals surface area (Å²) >= 11 is 0. The van der Waals surface area contributed by atoms with Gasteiger partial charge in [0, 0.05) is 31.6 Å². The van der Waals surface area contributed by atoms with Crippen LogP contribution in [-0.4, -0.2) is 59.6 Å². The third-order valence-electron chi connectivity index (χ3n) is 13.8. The predicted molar refractivity (Wildman–Crippen MR) is 141 cm³/mol. The molecule has 222 valence electrons. The second-order valence-electron chi connectivity index (χ2n) is 15.8. The van der Waals surface area contributed by atoms with E-state index in [-0.39, 0.29) is 58.9 Å². The summed E-state index contributed by atoms with van der Waals surface area (Å²) in [6.07, 6.45) is 5.80. The second kappa shape index (κ2) is 7.83. The summed E-state index contributed by atoms with van der Waals surface area (Å²) in [6, 6.07) is 0. The Bertz CT molecular complexity index is 1150. The summed E-state index contributed by atoms with van der Waals surface area (Å²) in [6.45, 7) is 14.2. The van der Waals surface area contributed by atoms with Gasteiger partial charge in [-0.3, -0.25) is 9.59 Å². The summed E-state index contributed by atoms with van der Waals surface area (Å²) in [5.41, 5.74) is -0.860. The van der Waals surface area contributed by atoms with Gasteiger partial charge in [-0.15, -0.1) is 0 Å². The standard InChI is InChI=1S/C32H46O8/c1-15-12-32(40-28(15,4)5)30(7)26-22(38-32)11-20-19-9-8-18-10-21(35-16(2)33)23(36-17(3)34)13-29(18,6)25(19)24-14-31(20,26)27(37-24)39-30/h15,18-27H,8-14H2,1-7H3. The highest BCUT2D eigenvalue weighted by Gasteiger charge is 2.87. The van der Waals surface area contributed by atoms with Crippen LogP contribution in [0.15, 0.2) is 0 Å². The van der Waals surface area contributed by atoms with Gasteiger partial charge in [0.2, 0.25) is 0 Å². The van der Waals surface area contributed by atoms with Crippen molar-refractivity contribution in [1.82, 2.24) is 0 Å². The Labute approximate surface area is 237 Å². The summed E-state index contributed by atoms with van der Waals surface area (Å²) in [5.74, 6) is 1.07. The summed E-state index contributed by atoms with van der Waals surface area (Å²) in [4.78, 5) is 24.0. The number of hydrogen-bond donors (Lipinski definition) is 0. The van der Waals surface area contributed by atoms with Gasteiger partial charge >= 0.3 is 11.9 Å². The maximum absolute atomic E-state index is 12.1. The smallest absolute Gasteiger partial charge is 0.303 e. The number of ether oxygens (including phenoxy) is 6. The van der Waals surface area contributed by atoms with Gasteiger partial charge in [0.25, 0.3) is 0 Å². The molecule has 8 aliphatic rings. The van der Waals surface area contributed by atoms with E-state index >= 15 is 0 Å². The Hall–Kier alpha value is -1.22. The van der Waals surface area contributed by atoms with Gasteiger partial charge in [-0.1, -0.05) is 13.8 Å². The number of fused-ring (bicyclic) bond motifs is 7. The number of carbonyl (C=O) groups is 2. The van der Waals surface area contributed by atoms with E-state index in [1.807, 2.05) is 0 Å². The van der Waals surface area contributed by atoms with Gasteiger partial charge in [0.15, 0.2) is 12.1 Å². The fraction of sp³-hybridized carbons (Fsp3) is 0.938. The molecule has 0 amide bonds. The quantitative estimate of drug-likeness (QED) is 0.448. The van der Waals surface area contributed by atoms with E-state index < -0.39 is 17.5 Å². The third-order valence-corrected chi connectivity index (χ3v) is 13.8. The van der Waals surface area contributed by atoms with E-state index in [4.69, 9.17) is 28.4 Å². The number of hydrogen-bond acceptors (Lipinski definition) is 8. The van der Waals surface area contributed by atoms with Crippen molar-refractivity contribution in [2.24, 2.45) is 46.3 Å². The van der Waals surface area contributed by atoms with Gasteiger partial charge in [0.05, 0.1) is 17.8 Å². The van der Waals surface area contributed by atoms with Crippen molar-refractivity contribution in [2.45, 2.75) is 141 Å². The number of esters is 2. The minimum Gasteiger partial charge on any atom is -0.459 e. The van der Waals surface area contributed by atoms with Crippen LogP contribution in [0.2, 0.25) is 0 Å². The van der Waals surface area contributed by atoms with Crippen LogP contribution >= 0.6 is 0 Å². The lowest BCUT2D eigenvalue weighted by molar-refractivity contribution is -0.319. The Kier molecular flexibility index (Phi) is 5.17. The molecule has 0 aromatic carbocycles. The molecule has 0 radical (unpaired) electrons. The zero-order valence-electron chi connectivity index (χ0n) is 25.1. The normalized spacial score (nSPS) is 59.8. The van der Waals surface area contributed by atoms with E-state index in [1.54, 1.807) is 0 Å². The summed E-state index contributed by atoms with van der Waals surface area (Å²) in [5, 5.41) is 0. The van der Waals surface area contributed by atoms with Crippen molar-refractivity contribution >= 4 is 11.9 Å². The van der Waals surface area contributed by atoms with E-state index in [0.717, 1.165) is 38.5 Å². The van der Waals surface area contributed by atoms with Crippen molar-refractivity contribution in [3.63, 3.8) is 0 Å². The maximum atomic E-state index is 12.1. The van der Waals surface area contributed by atoms with Crippen LogP contribution in [0.3, 0.4) is 0 Å². The van der Waals surface area contributed by atoms with Gasteiger partial charge < -0.3 is 28.4 Å². The molecule has 15 atom stereocenters. The zero-order valence-corrected chi connectivity index (χ0v) is 25.1. The van der Waals surface area contributed by atoms with Crippen molar-refractivity contribution in [2.75, 3.05) is 0 Å². The highest BCUT2D eigenvalue weighted by Crippen LogP contribution is 2.80. The van der Waals surface area contributed by atoms with Gasteiger partial charge in [-0.25, -0.2) is 0 Å². The van der Waals surface area contributed by atoms with Crippen molar-refractivity contribution in [3.8, 4) is 0 Å². The van der Waals surface area contributed by atoms with Crippen LogP contribution in [0.5, 0.6) is 0 Å². The van der Waals surface area contributed by atoms with Crippen LogP contribution in [0.25, 0.3) is 0 Å². The maximum Gasteiger partial charge on any atom is 0.303 e. The first-order valence-electron chi connectivity index (χ1n) is 15.8. The SMILES string of the molecule is CC(=O)OC1CC2CCC3C(C4CC56C(O4)OC4(C)C5C(CC36)OC43CC(C)C(C)(C)O3)C2(C)CC1OC(C)=O. The summed E-state index contributed by atoms with van der Waals surface area (Å²) < 4.78 is 39.5. The average Bonchev–Trinajstić information content (AvgIpc) is 3.52. The Morgan fingerprint density at radius 1 is 0.850 bits per heavy atom. The first kappa shape index (κ1) is 26.4. The molecule has 4 aliphatic carbocycles. The van der Waals surface area contributed by atoms with Crippen LogP contribution < -0.4 is 0 Å². The Morgan fingerprint density at radius 3 is 2.25 bits per heavy atom. The van der Waals surface area contributed by atoms with E-state index in [2.05, 4.69) is 34.6 Å². The van der Waals surface area contributed by atoms with Gasteiger partial charge in [-0.05, 0) is 94.3 Å². The van der Waals surface area contributed by atoms with Gasteiger partial charge in [-0.2, -0.15) is 0 Å². The molecule has 4 heterocycles. The zero-order chi connectivity index (χ0) is 28.2. The molecule has 8 nitrogen and oxygen atoms in total. The topological polar surface area (TPSA) is 89.5 Å². The van der Waals surface area contributed by atoms with Crippen molar-refractivity contribution < 1.29 is 38.0 Å². The van der Waals surface area contributed by atoms with E-state index in [1.165, 1.54) is 13.8 Å². The molecule has 4 saturated carbocycles. The molecule has 15 unspecified atom stereocenters. The fourth-order valence-electron chi connectivity index (χ4n) is 12.2. The molecule has 0 N–H and O–H groups in total. The Morgan fingerprint density at radius 2 is 1.57 bits per heavy atom. The van der Waals surface area contributed by atoms with Gasteiger partial charge in [0.1, 0.15) is 17.8 Å². The Balaban J connectivity index is 1.13. The number of carbonyl (C=O) groups excluding carboxylic acids is 2. The molecule has 0 aromatic rings. The largest absolute Gasteiger partial charge is 0.459 e. The molecular formula is C32H46O8. The highest BCUT2D eigenvalue weighted by molar-refractivity contribution is 5.67. The van der Waals surface area contributed by atoms with Crippen molar-refractivity contribution in [1.29, 1.82) is 0 Å². The molecule has 8 heteroatoms. The van der Waals surface area contributed by atoms with E-state index in [9.17, 15) is 9.59 Å². The van der Waals surface area contributed by atoms with Crippen LogP contribution in [0.1, 0.15) is 93.4 Å². The monoisotopic (exact) mass is 558 g/mol. The first-order valence-corrected chi connectivity index (χ1v) is 15.8. The van der Waals surface area contributed by atoms with Crippen LogP contribution in [0.4, 0.5) is 0 Å². The molecule has 4 aliphatic heterocycles. The minimum absolute atomic E-state index is 0.0263. The van der Waals surface area contributed by atoms with Crippen LogP contribution in [0, 0.1) is 46.3 Å². The highest BCUT2D eigenvalue weighted by atomic mass is 16.8. The molecule has 8 fully saturated rings. The predicted octanol–water partition coefficient (Wildman–Crippen LogP) is 4.76. The lowest BCUT2D eigenvalue weighted by Crippen LogP contribution is -2.61. The third kappa shape index (κ3) is 2.98. The van der Waals surface area contributed by atoms with E-state index in [0.29, 0.717) is 36.0 Å². The van der Waals surface area contributed by atoms with Crippen LogP contribution in [-0.2, 0) is 38.0 Å². The molecule has 40 heavy (non-hydrogen) atoms. The minimum atomic E-state index is -0.707. The fourth-order valence-corrected chi connectivity index (χ4v) is 12.2. The lowest BCUT2D eigenvalue weighted by Gasteiger charge is -2.61.